The topological polar surface area (TPSA) is 36.1 Å². The first-order valence-electron chi connectivity index (χ1n) is 5.53. The highest BCUT2D eigenvalue weighted by Crippen LogP contribution is 2.41. The van der Waals surface area contributed by atoms with Crippen LogP contribution in [0.5, 0.6) is 0 Å². The van der Waals surface area contributed by atoms with Gasteiger partial charge in [-0.3, -0.25) is 4.79 Å². The highest BCUT2D eigenvalue weighted by atomic mass is 16.1. The van der Waals surface area contributed by atoms with Crippen LogP contribution in [0.15, 0.2) is 17.1 Å². The summed E-state index contributed by atoms with van der Waals surface area (Å²) in [6.45, 7) is 1.03. The van der Waals surface area contributed by atoms with Crippen LogP contribution in [-0.4, -0.2) is 30.5 Å². The second-order valence-corrected chi connectivity index (χ2v) is 4.61. The Morgan fingerprint density at radius 1 is 1.47 bits per heavy atom. The molecule has 82 valence electrons. The molecule has 1 heterocycles. The van der Waals surface area contributed by atoms with Crippen LogP contribution in [0.25, 0.3) is 0 Å². The molecule has 1 aromatic rings. The predicted octanol–water partition coefficient (Wildman–Crippen LogP) is 1.36. The fraction of sp³-hybridized carbons (Fsp3) is 0.583. The number of nitrogens with zero attached hydrogens (tertiary/aromatic N) is 1. The van der Waals surface area contributed by atoms with Crippen molar-refractivity contribution in [2.45, 2.75) is 25.2 Å². The molecular formula is C12H18N2O. The minimum Gasteiger partial charge on any atom is -0.329 e. The molecular weight excluding hydrogens is 188 g/mol. The molecule has 0 saturated heterocycles. The second kappa shape index (κ2) is 4.19. The van der Waals surface area contributed by atoms with Gasteiger partial charge in [0.15, 0.2) is 0 Å². The molecule has 0 bridgehead atoms. The molecule has 0 atom stereocenters. The number of aromatic amines is 1. The van der Waals surface area contributed by atoms with Gasteiger partial charge >= 0.3 is 0 Å². The Hall–Kier alpha value is -1.09. The van der Waals surface area contributed by atoms with Gasteiger partial charge in [0, 0.05) is 18.8 Å². The van der Waals surface area contributed by atoms with Gasteiger partial charge in [-0.2, -0.15) is 0 Å². The molecule has 1 N–H and O–H groups in total. The monoisotopic (exact) mass is 206 g/mol. The summed E-state index contributed by atoms with van der Waals surface area (Å²) in [4.78, 5) is 16.2. The van der Waals surface area contributed by atoms with E-state index in [1.165, 1.54) is 24.0 Å². The van der Waals surface area contributed by atoms with Gasteiger partial charge in [-0.15, -0.1) is 0 Å². The number of aromatic nitrogens is 1. The normalized spacial score (nSPS) is 15.9. The molecule has 0 amide bonds. The van der Waals surface area contributed by atoms with Crippen LogP contribution in [0.3, 0.4) is 0 Å². The SMILES string of the molecule is CN(C)CCc1c[nH]c(=O)cc1C1CC1. The lowest BCUT2D eigenvalue weighted by Gasteiger charge is -2.12. The Balaban J connectivity index is 2.17. The zero-order valence-electron chi connectivity index (χ0n) is 9.42. The molecule has 15 heavy (non-hydrogen) atoms. The van der Waals surface area contributed by atoms with Crippen molar-refractivity contribution < 1.29 is 0 Å². The van der Waals surface area contributed by atoms with Crippen LogP contribution in [0.2, 0.25) is 0 Å². The maximum atomic E-state index is 11.2. The van der Waals surface area contributed by atoms with E-state index in [2.05, 4.69) is 24.0 Å². The van der Waals surface area contributed by atoms with Crippen LogP contribution in [-0.2, 0) is 6.42 Å². The van der Waals surface area contributed by atoms with Gasteiger partial charge in [0.05, 0.1) is 0 Å². The number of hydrogen-bond acceptors (Lipinski definition) is 2. The van der Waals surface area contributed by atoms with Crippen LogP contribution in [0, 0.1) is 0 Å². The lowest BCUT2D eigenvalue weighted by Crippen LogP contribution is -2.17. The molecule has 1 fully saturated rings. The summed E-state index contributed by atoms with van der Waals surface area (Å²) in [7, 11) is 4.14. The fourth-order valence-corrected chi connectivity index (χ4v) is 1.85. The van der Waals surface area contributed by atoms with Crippen molar-refractivity contribution in [1.82, 2.24) is 9.88 Å². The number of pyridine rings is 1. The van der Waals surface area contributed by atoms with Crippen molar-refractivity contribution in [2.24, 2.45) is 0 Å². The number of hydrogen-bond donors (Lipinski definition) is 1. The average Bonchev–Trinajstić information content (AvgIpc) is 2.98. The van der Waals surface area contributed by atoms with E-state index in [1.54, 1.807) is 6.07 Å². The molecule has 0 spiro atoms. The summed E-state index contributed by atoms with van der Waals surface area (Å²) in [6, 6.07) is 1.78. The van der Waals surface area contributed by atoms with E-state index >= 15 is 0 Å². The summed E-state index contributed by atoms with van der Waals surface area (Å²) >= 11 is 0. The summed E-state index contributed by atoms with van der Waals surface area (Å²) < 4.78 is 0. The number of rotatable bonds is 4. The molecule has 0 radical (unpaired) electrons. The van der Waals surface area contributed by atoms with E-state index in [4.69, 9.17) is 0 Å². The van der Waals surface area contributed by atoms with Crippen molar-refractivity contribution >= 4 is 0 Å². The average molecular weight is 206 g/mol. The van der Waals surface area contributed by atoms with Crippen LogP contribution in [0.1, 0.15) is 29.9 Å². The first-order valence-corrected chi connectivity index (χ1v) is 5.53. The van der Waals surface area contributed by atoms with Crippen LogP contribution in [0.4, 0.5) is 0 Å². The maximum Gasteiger partial charge on any atom is 0.248 e. The number of H-pyrrole nitrogens is 1. The van der Waals surface area contributed by atoms with Crippen molar-refractivity contribution in [1.29, 1.82) is 0 Å². The second-order valence-electron chi connectivity index (χ2n) is 4.61. The van der Waals surface area contributed by atoms with Gasteiger partial charge in [-0.1, -0.05) is 0 Å². The molecule has 0 aliphatic heterocycles. The molecule has 0 aromatic carbocycles. The third-order valence-electron chi connectivity index (χ3n) is 2.89. The third-order valence-corrected chi connectivity index (χ3v) is 2.89. The molecule has 1 saturated carbocycles. The van der Waals surface area contributed by atoms with Crippen molar-refractivity contribution in [3.8, 4) is 0 Å². The van der Waals surface area contributed by atoms with E-state index in [9.17, 15) is 4.79 Å². The number of nitrogens with one attached hydrogen (secondary N) is 1. The highest BCUT2D eigenvalue weighted by molar-refractivity contribution is 5.30. The minimum absolute atomic E-state index is 0.0329. The summed E-state index contributed by atoms with van der Waals surface area (Å²) in [5.41, 5.74) is 2.62. The molecule has 1 aliphatic carbocycles. The summed E-state index contributed by atoms with van der Waals surface area (Å²) in [5.74, 6) is 0.657. The van der Waals surface area contributed by atoms with E-state index in [1.807, 2.05) is 6.20 Å². The predicted molar refractivity (Wildman–Crippen MR) is 61.3 cm³/mol. The summed E-state index contributed by atoms with van der Waals surface area (Å²) in [6.07, 6.45) is 5.41. The Kier molecular flexibility index (Phi) is 2.91. The fourth-order valence-electron chi connectivity index (χ4n) is 1.85. The van der Waals surface area contributed by atoms with E-state index in [0.717, 1.165) is 13.0 Å². The molecule has 0 unspecified atom stereocenters. The van der Waals surface area contributed by atoms with Gasteiger partial charge in [0.1, 0.15) is 0 Å². The third kappa shape index (κ3) is 2.69. The van der Waals surface area contributed by atoms with Gasteiger partial charge in [0.2, 0.25) is 5.56 Å². The lowest BCUT2D eigenvalue weighted by atomic mass is 10.0. The largest absolute Gasteiger partial charge is 0.329 e. The molecule has 3 heteroatoms. The van der Waals surface area contributed by atoms with Crippen molar-refractivity contribution in [3.05, 3.63) is 33.7 Å². The first-order chi connectivity index (χ1) is 7.16. The van der Waals surface area contributed by atoms with Crippen molar-refractivity contribution in [3.63, 3.8) is 0 Å². The highest BCUT2D eigenvalue weighted by Gasteiger charge is 2.26. The quantitative estimate of drug-likeness (QED) is 0.807. The smallest absolute Gasteiger partial charge is 0.248 e. The Bertz CT molecular complexity index is 391. The number of likely N-dealkylation sites (N-methyl/N-ethyl adjacent to an activating group) is 1. The first kappa shape index (κ1) is 10.4. The van der Waals surface area contributed by atoms with Gasteiger partial charge in [0.25, 0.3) is 0 Å². The van der Waals surface area contributed by atoms with E-state index in [0.29, 0.717) is 5.92 Å². The van der Waals surface area contributed by atoms with Gasteiger partial charge in [-0.25, -0.2) is 0 Å². The Morgan fingerprint density at radius 2 is 2.20 bits per heavy atom. The minimum atomic E-state index is 0.0329. The molecule has 2 rings (SSSR count). The zero-order chi connectivity index (χ0) is 10.8. The summed E-state index contributed by atoms with van der Waals surface area (Å²) in [5, 5.41) is 0. The Morgan fingerprint density at radius 3 is 2.80 bits per heavy atom. The van der Waals surface area contributed by atoms with Gasteiger partial charge in [-0.05, 0) is 50.4 Å². The van der Waals surface area contributed by atoms with Crippen LogP contribution < -0.4 is 5.56 Å². The van der Waals surface area contributed by atoms with Gasteiger partial charge < -0.3 is 9.88 Å². The van der Waals surface area contributed by atoms with Crippen LogP contribution >= 0.6 is 0 Å². The Labute approximate surface area is 90.1 Å². The maximum absolute atomic E-state index is 11.2. The molecule has 1 aliphatic rings. The lowest BCUT2D eigenvalue weighted by molar-refractivity contribution is 0.413. The van der Waals surface area contributed by atoms with Crippen molar-refractivity contribution in [2.75, 3.05) is 20.6 Å². The van der Waals surface area contributed by atoms with E-state index < -0.39 is 0 Å². The molecule has 3 nitrogen and oxygen atoms in total. The molecule has 1 aromatic heterocycles. The zero-order valence-corrected chi connectivity index (χ0v) is 9.42. The standard InChI is InChI=1S/C12H18N2O/c1-14(2)6-5-10-8-13-12(15)7-11(10)9-3-4-9/h7-9H,3-6H2,1-2H3,(H,13,15). The van der Waals surface area contributed by atoms with E-state index in [-0.39, 0.29) is 5.56 Å².